The molecule has 0 amide bonds. The van der Waals surface area contributed by atoms with Gasteiger partial charge in [-0.25, -0.2) is 0 Å². The van der Waals surface area contributed by atoms with Crippen molar-refractivity contribution >= 4 is 33.7 Å². The molecule has 0 fully saturated rings. The lowest BCUT2D eigenvalue weighted by Crippen LogP contribution is -1.95. The molecule has 7 aromatic carbocycles. The molecule has 0 spiro atoms. The van der Waals surface area contributed by atoms with E-state index in [4.69, 9.17) is 0 Å². The van der Waals surface area contributed by atoms with Gasteiger partial charge in [-0.2, -0.15) is 0 Å². The van der Waals surface area contributed by atoms with Gasteiger partial charge < -0.3 is 0 Å². The number of benzene rings is 7. The summed E-state index contributed by atoms with van der Waals surface area (Å²) in [7, 11) is 0. The van der Waals surface area contributed by atoms with E-state index in [0.29, 0.717) is 0 Å². The summed E-state index contributed by atoms with van der Waals surface area (Å²) in [6.45, 7) is 8.33. The molecule has 0 heteroatoms. The summed E-state index contributed by atoms with van der Waals surface area (Å²) in [6, 6.07) is 44.7. The molecule has 0 aliphatic heterocycles. The summed E-state index contributed by atoms with van der Waals surface area (Å²) >= 11 is 0. The van der Waals surface area contributed by atoms with Crippen molar-refractivity contribution in [3.05, 3.63) is 146 Å². The van der Waals surface area contributed by atoms with E-state index in [2.05, 4.69) is 134 Å². The van der Waals surface area contributed by atoms with Crippen LogP contribution < -0.4 is 0 Å². The highest BCUT2D eigenvalue weighted by Gasteiger charge is 2.34. The first-order valence-electron chi connectivity index (χ1n) is 14.5. The average Bonchev–Trinajstić information content (AvgIpc) is 3.56. The fraction of sp³-hybridized carbons (Fsp3) is 0. The van der Waals surface area contributed by atoms with Gasteiger partial charge in [0, 0.05) is 0 Å². The SMILES string of the molecule is C=Cc1cc2c(-c3ccccc3)c3c(c(-c4ccccc4)c2cc1C=C)-c1ccc2c4c(ccc-3c14)-c1ccccc1-2. The highest BCUT2D eigenvalue weighted by Crippen LogP contribution is 2.61. The number of rotatable bonds is 4. The summed E-state index contributed by atoms with van der Waals surface area (Å²) in [4.78, 5) is 0. The van der Waals surface area contributed by atoms with Crippen molar-refractivity contribution in [1.29, 1.82) is 0 Å². The van der Waals surface area contributed by atoms with Gasteiger partial charge in [0.05, 0.1) is 0 Å². The maximum atomic E-state index is 4.16. The molecule has 9 rings (SSSR count). The summed E-state index contributed by atoms with van der Waals surface area (Å²) < 4.78 is 0. The third-order valence-electron chi connectivity index (χ3n) is 9.28. The van der Waals surface area contributed by atoms with E-state index < -0.39 is 0 Å². The molecule has 2 aliphatic carbocycles. The molecule has 0 heterocycles. The lowest BCUT2D eigenvalue weighted by molar-refractivity contribution is 1.60. The van der Waals surface area contributed by atoms with Crippen LogP contribution in [0.25, 0.3) is 100 Å². The van der Waals surface area contributed by atoms with Gasteiger partial charge >= 0.3 is 0 Å². The lowest BCUT2D eigenvalue weighted by atomic mass is 9.81. The van der Waals surface area contributed by atoms with E-state index in [1.54, 1.807) is 0 Å². The molecule has 0 saturated heterocycles. The molecule has 0 unspecified atom stereocenters. The van der Waals surface area contributed by atoms with Gasteiger partial charge in [-0.1, -0.05) is 135 Å². The van der Waals surface area contributed by atoms with Gasteiger partial charge in [0.25, 0.3) is 0 Å². The van der Waals surface area contributed by atoms with Crippen molar-refractivity contribution in [2.45, 2.75) is 0 Å². The van der Waals surface area contributed by atoms with Gasteiger partial charge in [-0.3, -0.25) is 0 Å². The molecule has 0 saturated carbocycles. The first-order chi connectivity index (χ1) is 20.8. The smallest absolute Gasteiger partial charge is 0.000740 e. The fourth-order valence-corrected chi connectivity index (χ4v) is 7.58. The van der Waals surface area contributed by atoms with Crippen LogP contribution in [0.2, 0.25) is 0 Å². The van der Waals surface area contributed by atoms with Crippen LogP contribution in [0.4, 0.5) is 0 Å². The van der Waals surface area contributed by atoms with Crippen molar-refractivity contribution in [3.63, 3.8) is 0 Å². The van der Waals surface area contributed by atoms with Crippen LogP contribution in [0, 0.1) is 0 Å². The van der Waals surface area contributed by atoms with Crippen LogP contribution in [0.15, 0.2) is 134 Å². The molecule has 0 aromatic heterocycles. The second kappa shape index (κ2) is 8.52. The highest BCUT2D eigenvalue weighted by atomic mass is 14.4. The quantitative estimate of drug-likeness (QED) is 0.212. The zero-order valence-corrected chi connectivity index (χ0v) is 23.1. The highest BCUT2D eigenvalue weighted by molar-refractivity contribution is 6.32. The fourth-order valence-electron chi connectivity index (χ4n) is 7.58. The zero-order chi connectivity index (χ0) is 27.9. The van der Waals surface area contributed by atoms with E-state index >= 15 is 0 Å². The zero-order valence-electron chi connectivity index (χ0n) is 23.1. The maximum Gasteiger partial charge on any atom is -0.000740 e. The summed E-state index contributed by atoms with van der Waals surface area (Å²) in [5.74, 6) is 0. The maximum absolute atomic E-state index is 4.16. The molecule has 7 aromatic rings. The third-order valence-corrected chi connectivity index (χ3v) is 9.28. The van der Waals surface area contributed by atoms with E-state index in [1.165, 1.54) is 88.3 Å². The molecular formula is C42H26. The first kappa shape index (κ1) is 23.3. The largest absolute Gasteiger partial charge is 0.0984 e. The lowest BCUT2D eigenvalue weighted by Gasteiger charge is -2.21. The topological polar surface area (TPSA) is 0 Å². The number of fused-ring (bicyclic) bond motifs is 7. The molecule has 0 radical (unpaired) electrons. The Labute approximate surface area is 245 Å². The molecule has 0 nitrogen and oxygen atoms in total. The van der Waals surface area contributed by atoms with Gasteiger partial charge in [0.1, 0.15) is 0 Å². The van der Waals surface area contributed by atoms with Crippen LogP contribution in [-0.4, -0.2) is 0 Å². The standard InChI is InChI=1S/C42H26/c1-3-25-23-35-36(24-26(25)4-2)38(28-15-9-6-10-16-28)42-34-22-20-32-30-18-12-11-17-29(30)31-19-21-33(40(34)39(31)32)41(42)37(35)27-13-7-5-8-14-27/h3-24H,1-2H2. The number of hydrogen-bond acceptors (Lipinski definition) is 0. The number of hydrogen-bond donors (Lipinski definition) is 0. The minimum absolute atomic E-state index is 1.10. The molecular weight excluding hydrogens is 504 g/mol. The Morgan fingerprint density at radius 3 is 1.17 bits per heavy atom. The minimum Gasteiger partial charge on any atom is -0.0984 e. The monoisotopic (exact) mass is 530 g/mol. The average molecular weight is 531 g/mol. The first-order valence-corrected chi connectivity index (χ1v) is 14.5. The second-order valence-electron chi connectivity index (χ2n) is 11.3. The van der Waals surface area contributed by atoms with Crippen LogP contribution in [0.5, 0.6) is 0 Å². The van der Waals surface area contributed by atoms with Crippen molar-refractivity contribution in [2.75, 3.05) is 0 Å². The van der Waals surface area contributed by atoms with Crippen molar-refractivity contribution < 1.29 is 0 Å². The van der Waals surface area contributed by atoms with Crippen LogP contribution in [0.1, 0.15) is 11.1 Å². The molecule has 2 aliphatic rings. The van der Waals surface area contributed by atoms with Gasteiger partial charge in [-0.15, -0.1) is 0 Å². The molecule has 0 N–H and O–H groups in total. The van der Waals surface area contributed by atoms with E-state index in [0.717, 1.165) is 11.1 Å². The summed E-state index contributed by atoms with van der Waals surface area (Å²) in [5, 5.41) is 5.22. The second-order valence-corrected chi connectivity index (χ2v) is 11.3. The van der Waals surface area contributed by atoms with Crippen molar-refractivity contribution in [1.82, 2.24) is 0 Å². The molecule has 0 atom stereocenters. The predicted molar refractivity (Wildman–Crippen MR) is 181 cm³/mol. The Balaban J connectivity index is 1.54. The Kier molecular flexibility index (Phi) is 4.72. The van der Waals surface area contributed by atoms with E-state index in [-0.39, 0.29) is 0 Å². The Bertz CT molecular complexity index is 2140. The Hall–Kier alpha value is -5.46. The van der Waals surface area contributed by atoms with Crippen LogP contribution in [0.3, 0.4) is 0 Å². The summed E-state index contributed by atoms with van der Waals surface area (Å²) in [6.07, 6.45) is 3.91. The molecule has 194 valence electrons. The van der Waals surface area contributed by atoms with Crippen LogP contribution in [-0.2, 0) is 0 Å². The molecule has 42 heavy (non-hydrogen) atoms. The minimum atomic E-state index is 1.10. The van der Waals surface area contributed by atoms with Crippen LogP contribution >= 0.6 is 0 Å². The van der Waals surface area contributed by atoms with Crippen molar-refractivity contribution in [2.24, 2.45) is 0 Å². The third kappa shape index (κ3) is 2.91. The van der Waals surface area contributed by atoms with Gasteiger partial charge in [0.2, 0.25) is 0 Å². The summed E-state index contributed by atoms with van der Waals surface area (Å²) in [5.41, 5.74) is 17.8. The molecule has 0 bridgehead atoms. The predicted octanol–water partition coefficient (Wildman–Crippen LogP) is 11.9. The van der Waals surface area contributed by atoms with E-state index in [1.807, 2.05) is 12.2 Å². The van der Waals surface area contributed by atoms with E-state index in [9.17, 15) is 0 Å². The van der Waals surface area contributed by atoms with Gasteiger partial charge in [0.15, 0.2) is 0 Å². The van der Waals surface area contributed by atoms with Gasteiger partial charge in [-0.05, 0) is 112 Å². The van der Waals surface area contributed by atoms with Crippen molar-refractivity contribution in [3.8, 4) is 66.8 Å². The Morgan fingerprint density at radius 1 is 0.357 bits per heavy atom. The normalized spacial score (nSPS) is 12.0. The Morgan fingerprint density at radius 2 is 0.738 bits per heavy atom.